The van der Waals surface area contributed by atoms with E-state index in [2.05, 4.69) is 5.32 Å². The van der Waals surface area contributed by atoms with Crippen molar-refractivity contribution in [1.82, 2.24) is 10.2 Å². The van der Waals surface area contributed by atoms with Crippen LogP contribution in [0.5, 0.6) is 0 Å². The SMILES string of the molecule is CNC(=O)[C@H](C)N(Cc1ccc(C)cc1)C(=O)CN(c1cccc(Cl)c1C)S(C)(=O)=O. The largest absolute Gasteiger partial charge is 0.357 e. The Labute approximate surface area is 189 Å². The van der Waals surface area contributed by atoms with Crippen LogP contribution in [0, 0.1) is 13.8 Å². The number of carbonyl (C=O) groups is 2. The van der Waals surface area contributed by atoms with Crippen molar-refractivity contribution >= 4 is 39.1 Å². The Morgan fingerprint density at radius 3 is 2.26 bits per heavy atom. The molecule has 2 aromatic carbocycles. The van der Waals surface area contributed by atoms with E-state index in [0.29, 0.717) is 16.3 Å². The van der Waals surface area contributed by atoms with E-state index in [1.165, 1.54) is 11.9 Å². The third-order valence-electron chi connectivity index (χ3n) is 5.07. The van der Waals surface area contributed by atoms with Crippen molar-refractivity contribution in [3.8, 4) is 0 Å². The number of nitrogens with one attached hydrogen (secondary N) is 1. The van der Waals surface area contributed by atoms with Gasteiger partial charge in [-0.3, -0.25) is 13.9 Å². The van der Waals surface area contributed by atoms with Crippen LogP contribution in [-0.4, -0.2) is 51.0 Å². The number of sulfonamides is 1. The van der Waals surface area contributed by atoms with E-state index >= 15 is 0 Å². The summed E-state index contributed by atoms with van der Waals surface area (Å²) in [6, 6.07) is 11.7. The molecule has 9 heteroatoms. The minimum absolute atomic E-state index is 0.166. The van der Waals surface area contributed by atoms with Gasteiger partial charge in [-0.15, -0.1) is 0 Å². The Morgan fingerprint density at radius 1 is 1.10 bits per heavy atom. The van der Waals surface area contributed by atoms with Gasteiger partial charge in [0.15, 0.2) is 0 Å². The highest BCUT2D eigenvalue weighted by molar-refractivity contribution is 7.92. The van der Waals surface area contributed by atoms with Crippen molar-refractivity contribution < 1.29 is 18.0 Å². The molecule has 0 saturated heterocycles. The molecule has 0 aliphatic carbocycles. The first-order valence-electron chi connectivity index (χ1n) is 9.75. The lowest BCUT2D eigenvalue weighted by molar-refractivity contribution is -0.139. The first-order chi connectivity index (χ1) is 14.5. The van der Waals surface area contributed by atoms with Crippen LogP contribution in [0.25, 0.3) is 0 Å². The maximum Gasteiger partial charge on any atom is 0.244 e. The Bertz CT molecular complexity index is 1050. The van der Waals surface area contributed by atoms with Crippen molar-refractivity contribution in [2.45, 2.75) is 33.4 Å². The first kappa shape index (κ1) is 24.7. The molecule has 31 heavy (non-hydrogen) atoms. The number of rotatable bonds is 8. The molecule has 0 saturated carbocycles. The zero-order valence-corrected chi connectivity index (χ0v) is 19.9. The van der Waals surface area contributed by atoms with Crippen molar-refractivity contribution in [2.24, 2.45) is 0 Å². The Kier molecular flexibility index (Phi) is 8.08. The zero-order valence-electron chi connectivity index (χ0n) is 18.3. The summed E-state index contributed by atoms with van der Waals surface area (Å²) in [7, 11) is -2.30. The summed E-state index contributed by atoms with van der Waals surface area (Å²) in [5.74, 6) is -0.841. The molecule has 7 nitrogen and oxygen atoms in total. The van der Waals surface area contributed by atoms with Gasteiger partial charge in [0.05, 0.1) is 11.9 Å². The molecule has 0 aliphatic rings. The van der Waals surface area contributed by atoms with Gasteiger partial charge in [-0.1, -0.05) is 47.5 Å². The fourth-order valence-corrected chi connectivity index (χ4v) is 4.21. The van der Waals surface area contributed by atoms with Crippen molar-refractivity contribution in [3.63, 3.8) is 0 Å². The molecule has 0 spiro atoms. The highest BCUT2D eigenvalue weighted by Gasteiger charge is 2.30. The number of hydrogen-bond acceptors (Lipinski definition) is 4. The molecule has 0 aliphatic heterocycles. The average molecular weight is 466 g/mol. The Hall–Kier alpha value is -2.58. The normalized spacial score (nSPS) is 12.2. The summed E-state index contributed by atoms with van der Waals surface area (Å²) in [6.45, 7) is 4.97. The van der Waals surface area contributed by atoms with Crippen LogP contribution in [-0.2, 0) is 26.2 Å². The summed E-state index contributed by atoms with van der Waals surface area (Å²) < 4.78 is 26.1. The Balaban J connectivity index is 2.42. The van der Waals surface area contributed by atoms with Crippen LogP contribution in [0.4, 0.5) is 5.69 Å². The smallest absolute Gasteiger partial charge is 0.244 e. The predicted molar refractivity (Wildman–Crippen MR) is 124 cm³/mol. The number of aryl methyl sites for hydroxylation is 1. The van der Waals surface area contributed by atoms with Gasteiger partial charge in [-0.05, 0) is 44.0 Å². The number of likely N-dealkylation sites (N-methyl/N-ethyl adjacent to an activating group) is 1. The molecule has 2 amide bonds. The van der Waals surface area contributed by atoms with Crippen LogP contribution < -0.4 is 9.62 Å². The number of benzene rings is 2. The van der Waals surface area contributed by atoms with Crippen LogP contribution in [0.15, 0.2) is 42.5 Å². The van der Waals surface area contributed by atoms with E-state index in [1.807, 2.05) is 31.2 Å². The number of hydrogen-bond donors (Lipinski definition) is 1. The number of amides is 2. The van der Waals surface area contributed by atoms with Crippen molar-refractivity contribution in [1.29, 1.82) is 0 Å². The quantitative estimate of drug-likeness (QED) is 0.649. The van der Waals surface area contributed by atoms with Crippen molar-refractivity contribution in [3.05, 3.63) is 64.2 Å². The van der Waals surface area contributed by atoms with Crippen LogP contribution >= 0.6 is 11.6 Å². The molecule has 0 heterocycles. The molecular weight excluding hydrogens is 438 g/mol. The molecule has 2 aromatic rings. The van der Waals surface area contributed by atoms with E-state index in [9.17, 15) is 18.0 Å². The number of carbonyl (C=O) groups excluding carboxylic acids is 2. The van der Waals surface area contributed by atoms with E-state index in [4.69, 9.17) is 11.6 Å². The second-order valence-electron chi connectivity index (χ2n) is 7.45. The molecule has 0 aromatic heterocycles. The van der Waals surface area contributed by atoms with Gasteiger partial charge >= 0.3 is 0 Å². The molecular formula is C22H28ClN3O4S. The third kappa shape index (κ3) is 6.21. The molecule has 168 valence electrons. The second-order valence-corrected chi connectivity index (χ2v) is 9.77. The Morgan fingerprint density at radius 2 is 1.71 bits per heavy atom. The lowest BCUT2D eigenvalue weighted by atomic mass is 10.1. The summed E-state index contributed by atoms with van der Waals surface area (Å²) in [5, 5.41) is 2.94. The van der Waals surface area contributed by atoms with Gasteiger partial charge < -0.3 is 10.2 Å². The van der Waals surface area contributed by atoms with E-state index in [0.717, 1.165) is 21.7 Å². The standard InChI is InChI=1S/C22H28ClN3O4S/c1-15-9-11-18(12-10-15)13-25(17(3)22(28)24-4)21(27)14-26(31(5,29)30)20-8-6-7-19(23)16(20)2/h6-12,17H,13-14H2,1-5H3,(H,24,28)/t17-/m0/s1. The fourth-order valence-electron chi connectivity index (χ4n) is 3.14. The molecule has 0 unspecified atom stereocenters. The second kappa shape index (κ2) is 10.2. The van der Waals surface area contributed by atoms with Gasteiger partial charge in [0.1, 0.15) is 12.6 Å². The van der Waals surface area contributed by atoms with E-state index in [1.54, 1.807) is 32.0 Å². The minimum Gasteiger partial charge on any atom is -0.357 e. The topological polar surface area (TPSA) is 86.8 Å². The van der Waals surface area contributed by atoms with Crippen LogP contribution in [0.2, 0.25) is 5.02 Å². The van der Waals surface area contributed by atoms with Gasteiger partial charge in [0.2, 0.25) is 21.8 Å². The molecule has 0 fully saturated rings. The maximum atomic E-state index is 13.3. The van der Waals surface area contributed by atoms with Crippen LogP contribution in [0.1, 0.15) is 23.6 Å². The highest BCUT2D eigenvalue weighted by atomic mass is 35.5. The zero-order chi connectivity index (χ0) is 23.3. The summed E-state index contributed by atoms with van der Waals surface area (Å²) >= 11 is 6.17. The van der Waals surface area contributed by atoms with Crippen molar-refractivity contribution in [2.75, 3.05) is 24.2 Å². The monoisotopic (exact) mass is 465 g/mol. The average Bonchev–Trinajstić information content (AvgIpc) is 2.71. The summed E-state index contributed by atoms with van der Waals surface area (Å²) in [5.41, 5.74) is 2.78. The number of halogens is 1. The molecule has 0 bridgehead atoms. The van der Waals surface area contributed by atoms with E-state index < -0.39 is 28.5 Å². The van der Waals surface area contributed by atoms with Gasteiger partial charge in [0.25, 0.3) is 0 Å². The van der Waals surface area contributed by atoms with Crippen LogP contribution in [0.3, 0.4) is 0 Å². The molecule has 1 N–H and O–H groups in total. The fraction of sp³-hybridized carbons (Fsp3) is 0.364. The molecule has 0 radical (unpaired) electrons. The lowest BCUT2D eigenvalue weighted by Crippen LogP contribution is -2.50. The van der Waals surface area contributed by atoms with Gasteiger partial charge in [-0.2, -0.15) is 0 Å². The number of nitrogens with zero attached hydrogens (tertiary/aromatic N) is 2. The summed E-state index contributed by atoms with van der Waals surface area (Å²) in [4.78, 5) is 27.0. The molecule has 1 atom stereocenters. The molecule has 2 rings (SSSR count). The van der Waals surface area contributed by atoms with Gasteiger partial charge in [0, 0.05) is 18.6 Å². The van der Waals surface area contributed by atoms with Gasteiger partial charge in [-0.25, -0.2) is 8.42 Å². The maximum absolute atomic E-state index is 13.3. The predicted octanol–water partition coefficient (Wildman–Crippen LogP) is 2.89. The van der Waals surface area contributed by atoms with E-state index in [-0.39, 0.29) is 12.5 Å². The number of anilines is 1. The lowest BCUT2D eigenvalue weighted by Gasteiger charge is -2.31. The third-order valence-corrected chi connectivity index (χ3v) is 6.61. The first-order valence-corrected chi connectivity index (χ1v) is 12.0. The minimum atomic E-state index is -3.79. The summed E-state index contributed by atoms with van der Waals surface area (Å²) in [6.07, 6.45) is 1.03. The highest BCUT2D eigenvalue weighted by Crippen LogP contribution is 2.28.